The van der Waals surface area contributed by atoms with Crippen LogP contribution in [0.5, 0.6) is 0 Å². The van der Waals surface area contributed by atoms with Gasteiger partial charge in [0.25, 0.3) is 0 Å². The summed E-state index contributed by atoms with van der Waals surface area (Å²) in [5, 5.41) is 3.03. The molecule has 1 N–H and O–H groups in total. The molecule has 1 fully saturated rings. The Morgan fingerprint density at radius 3 is 2.45 bits per heavy atom. The molecule has 2 amide bonds. The molecule has 120 valence electrons. The van der Waals surface area contributed by atoms with Crippen molar-refractivity contribution in [1.29, 1.82) is 0 Å². The Labute approximate surface area is 139 Å². The Morgan fingerprint density at radius 1 is 1.23 bits per heavy atom. The zero-order chi connectivity index (χ0) is 16.1. The third-order valence-electron chi connectivity index (χ3n) is 3.93. The minimum absolute atomic E-state index is 0.0135. The Kier molecular flexibility index (Phi) is 5.97. The summed E-state index contributed by atoms with van der Waals surface area (Å²) in [7, 11) is 0. The van der Waals surface area contributed by atoms with Gasteiger partial charge in [0, 0.05) is 37.6 Å². The first-order valence-electron chi connectivity index (χ1n) is 7.49. The van der Waals surface area contributed by atoms with Gasteiger partial charge in [0.2, 0.25) is 11.8 Å². The summed E-state index contributed by atoms with van der Waals surface area (Å²) in [6.07, 6.45) is 0. The molecule has 0 spiro atoms. The smallest absolute Gasteiger partial charge is 0.234 e. The van der Waals surface area contributed by atoms with E-state index in [1.165, 1.54) is 0 Å². The lowest BCUT2D eigenvalue weighted by Gasteiger charge is -2.33. The van der Waals surface area contributed by atoms with Crippen LogP contribution in [0.3, 0.4) is 0 Å². The summed E-state index contributed by atoms with van der Waals surface area (Å²) < 4.78 is 0.998. The quantitative estimate of drug-likeness (QED) is 0.882. The van der Waals surface area contributed by atoms with E-state index in [2.05, 4.69) is 26.1 Å². The number of hydrogen-bond donors (Lipinski definition) is 1. The van der Waals surface area contributed by atoms with Crippen LogP contribution in [0.2, 0.25) is 0 Å². The van der Waals surface area contributed by atoms with Crippen molar-refractivity contribution in [3.8, 4) is 0 Å². The van der Waals surface area contributed by atoms with Gasteiger partial charge in [0.15, 0.2) is 0 Å². The predicted molar refractivity (Wildman–Crippen MR) is 89.4 cm³/mol. The van der Waals surface area contributed by atoms with Gasteiger partial charge in [-0.3, -0.25) is 14.5 Å². The molecule has 0 saturated carbocycles. The van der Waals surface area contributed by atoms with Gasteiger partial charge in [-0.25, -0.2) is 0 Å². The lowest BCUT2D eigenvalue weighted by Crippen LogP contribution is -2.50. The molecule has 0 aromatic heterocycles. The van der Waals surface area contributed by atoms with Crippen molar-refractivity contribution in [3.63, 3.8) is 0 Å². The monoisotopic (exact) mass is 367 g/mol. The van der Waals surface area contributed by atoms with Crippen LogP contribution in [0, 0.1) is 0 Å². The molecular weight excluding hydrogens is 346 g/mol. The fraction of sp³-hybridized carbons (Fsp3) is 0.500. The van der Waals surface area contributed by atoms with Crippen molar-refractivity contribution in [2.75, 3.05) is 32.7 Å². The first-order chi connectivity index (χ1) is 10.5. The van der Waals surface area contributed by atoms with Crippen LogP contribution >= 0.6 is 15.9 Å². The highest BCUT2D eigenvalue weighted by Crippen LogP contribution is 2.22. The van der Waals surface area contributed by atoms with Gasteiger partial charge >= 0.3 is 0 Å². The largest absolute Gasteiger partial charge is 0.348 e. The standard InChI is InChI=1S/C16H22BrN3O2/c1-12(14-5-3-4-6-15(14)17)18-16(22)11-19-7-9-20(10-8-19)13(2)21/h3-6,12H,7-11H2,1-2H3,(H,18,22)/t12-/m1/s1. The first-order valence-corrected chi connectivity index (χ1v) is 8.28. The maximum absolute atomic E-state index is 12.2. The van der Waals surface area contributed by atoms with Crippen LogP contribution in [0.4, 0.5) is 0 Å². The third kappa shape index (κ3) is 4.55. The summed E-state index contributed by atoms with van der Waals surface area (Å²) in [4.78, 5) is 27.4. The van der Waals surface area contributed by atoms with Crippen LogP contribution in [0.15, 0.2) is 28.7 Å². The van der Waals surface area contributed by atoms with E-state index < -0.39 is 0 Å². The van der Waals surface area contributed by atoms with Crippen LogP contribution < -0.4 is 5.32 Å². The summed E-state index contributed by atoms with van der Waals surface area (Å²) in [5.41, 5.74) is 1.07. The number of piperazine rings is 1. The molecule has 2 rings (SSSR count). The van der Waals surface area contributed by atoms with Crippen molar-refractivity contribution in [1.82, 2.24) is 15.1 Å². The van der Waals surface area contributed by atoms with Gasteiger partial charge in [-0.1, -0.05) is 34.1 Å². The summed E-state index contributed by atoms with van der Waals surface area (Å²) in [5.74, 6) is 0.117. The second-order valence-corrected chi connectivity index (χ2v) is 6.45. The molecule has 22 heavy (non-hydrogen) atoms. The van der Waals surface area contributed by atoms with E-state index in [9.17, 15) is 9.59 Å². The molecule has 0 bridgehead atoms. The van der Waals surface area contributed by atoms with Crippen molar-refractivity contribution >= 4 is 27.7 Å². The van der Waals surface area contributed by atoms with E-state index >= 15 is 0 Å². The van der Waals surface area contributed by atoms with Crippen LogP contribution in [0.25, 0.3) is 0 Å². The van der Waals surface area contributed by atoms with Gasteiger partial charge < -0.3 is 10.2 Å². The Balaban J connectivity index is 1.81. The fourth-order valence-corrected chi connectivity index (χ4v) is 3.24. The second-order valence-electron chi connectivity index (χ2n) is 5.59. The highest BCUT2D eigenvalue weighted by atomic mass is 79.9. The molecule has 5 nitrogen and oxygen atoms in total. The molecular formula is C16H22BrN3O2. The first kappa shape index (κ1) is 17.0. The molecule has 0 unspecified atom stereocenters. The molecule has 1 aromatic carbocycles. The van der Waals surface area contributed by atoms with E-state index in [1.54, 1.807) is 6.92 Å². The number of halogens is 1. The number of rotatable bonds is 4. The molecule has 1 aliphatic rings. The Morgan fingerprint density at radius 2 is 1.86 bits per heavy atom. The van der Waals surface area contributed by atoms with Gasteiger partial charge in [0.05, 0.1) is 12.6 Å². The van der Waals surface area contributed by atoms with Gasteiger partial charge in [-0.15, -0.1) is 0 Å². The van der Waals surface area contributed by atoms with Crippen LogP contribution in [0.1, 0.15) is 25.5 Å². The van der Waals surface area contributed by atoms with E-state index in [0.29, 0.717) is 19.6 Å². The van der Waals surface area contributed by atoms with Crippen molar-refractivity contribution < 1.29 is 9.59 Å². The second kappa shape index (κ2) is 7.74. The lowest BCUT2D eigenvalue weighted by atomic mass is 10.1. The summed E-state index contributed by atoms with van der Waals surface area (Å²) in [6.45, 7) is 6.83. The van der Waals surface area contributed by atoms with Crippen molar-refractivity contribution in [3.05, 3.63) is 34.3 Å². The number of nitrogens with zero attached hydrogens (tertiary/aromatic N) is 2. The SMILES string of the molecule is CC(=O)N1CCN(CC(=O)N[C@H](C)c2ccccc2Br)CC1. The predicted octanol–water partition coefficient (Wildman–Crippen LogP) is 1.79. The number of amides is 2. The Bertz CT molecular complexity index is 542. The molecule has 1 heterocycles. The maximum Gasteiger partial charge on any atom is 0.234 e. The number of carbonyl (C=O) groups is 2. The van der Waals surface area contributed by atoms with E-state index in [4.69, 9.17) is 0 Å². The Hall–Kier alpha value is -1.40. The zero-order valence-corrected chi connectivity index (χ0v) is 14.6. The molecule has 1 saturated heterocycles. The van der Waals surface area contributed by atoms with Crippen LogP contribution in [-0.2, 0) is 9.59 Å². The lowest BCUT2D eigenvalue weighted by molar-refractivity contribution is -0.131. The molecule has 1 atom stereocenters. The average Bonchev–Trinajstić information content (AvgIpc) is 2.48. The number of hydrogen-bond acceptors (Lipinski definition) is 3. The van der Waals surface area contributed by atoms with Crippen molar-refractivity contribution in [2.24, 2.45) is 0 Å². The fourth-order valence-electron chi connectivity index (χ4n) is 2.62. The minimum atomic E-state index is -0.0402. The average molecular weight is 368 g/mol. The molecule has 1 aromatic rings. The molecule has 0 radical (unpaired) electrons. The van der Waals surface area contributed by atoms with Gasteiger partial charge in [-0.2, -0.15) is 0 Å². The topological polar surface area (TPSA) is 52.7 Å². The highest BCUT2D eigenvalue weighted by molar-refractivity contribution is 9.10. The maximum atomic E-state index is 12.2. The van der Waals surface area contributed by atoms with Crippen LogP contribution in [-0.4, -0.2) is 54.3 Å². The summed E-state index contributed by atoms with van der Waals surface area (Å²) in [6, 6.07) is 7.85. The van der Waals surface area contributed by atoms with E-state index in [1.807, 2.05) is 36.1 Å². The summed E-state index contributed by atoms with van der Waals surface area (Å²) >= 11 is 3.51. The minimum Gasteiger partial charge on any atom is -0.348 e. The highest BCUT2D eigenvalue weighted by Gasteiger charge is 2.21. The number of benzene rings is 1. The van der Waals surface area contributed by atoms with Gasteiger partial charge in [-0.05, 0) is 18.6 Å². The van der Waals surface area contributed by atoms with Gasteiger partial charge in [0.1, 0.15) is 0 Å². The van der Waals surface area contributed by atoms with Crippen molar-refractivity contribution in [2.45, 2.75) is 19.9 Å². The third-order valence-corrected chi connectivity index (χ3v) is 4.66. The molecule has 6 heteroatoms. The normalized spacial score (nSPS) is 17.1. The molecule has 0 aliphatic carbocycles. The van der Waals surface area contributed by atoms with E-state index in [0.717, 1.165) is 23.1 Å². The van der Waals surface area contributed by atoms with E-state index in [-0.39, 0.29) is 17.9 Å². The zero-order valence-electron chi connectivity index (χ0n) is 13.0. The molecule has 1 aliphatic heterocycles. The number of nitrogens with one attached hydrogen (secondary N) is 1. The number of carbonyl (C=O) groups excluding carboxylic acids is 2.